The number of nitrogens with zero attached hydrogens (tertiary/aromatic N) is 1. The zero-order valence-electron chi connectivity index (χ0n) is 6.41. The van der Waals surface area contributed by atoms with Gasteiger partial charge in [-0.05, 0) is 11.6 Å². The monoisotopic (exact) mass is 216 g/mol. The van der Waals surface area contributed by atoms with Crippen LogP contribution in [0.4, 0.5) is 9.80 Å². The first-order valence-electron chi connectivity index (χ1n) is 3.50. The summed E-state index contributed by atoms with van der Waals surface area (Å²) in [5, 5.41) is 0.558. The predicted octanol–water partition coefficient (Wildman–Crippen LogP) is 1.37. The molecule has 0 saturated carbocycles. The van der Waals surface area contributed by atoms with Crippen LogP contribution in [0.2, 0.25) is 4.34 Å². The minimum absolute atomic E-state index is 0.210. The summed E-state index contributed by atoms with van der Waals surface area (Å²) in [7, 11) is 0. The second-order valence-electron chi connectivity index (χ2n) is 2.63. The molecule has 0 bridgehead atoms. The molecule has 0 atom stereocenters. The third kappa shape index (κ3) is 1.20. The Morgan fingerprint density at radius 1 is 1.69 bits per heavy atom. The Balaban J connectivity index is 2.50. The van der Waals surface area contributed by atoms with Crippen LogP contribution in [-0.4, -0.2) is 11.9 Å². The van der Waals surface area contributed by atoms with Crippen LogP contribution in [0.25, 0.3) is 0 Å². The van der Waals surface area contributed by atoms with Crippen LogP contribution in [0.15, 0.2) is 6.07 Å². The molecule has 0 saturated heterocycles. The van der Waals surface area contributed by atoms with Crippen molar-refractivity contribution in [2.75, 3.05) is 4.90 Å². The summed E-state index contributed by atoms with van der Waals surface area (Å²) in [4.78, 5) is 23.1. The summed E-state index contributed by atoms with van der Waals surface area (Å²) >= 11 is 6.91. The molecule has 4 nitrogen and oxygen atoms in total. The van der Waals surface area contributed by atoms with E-state index in [1.165, 1.54) is 11.3 Å². The number of imide groups is 1. The SMILES string of the molecule is NC(=O)N1C(=O)Cc2cc(Cl)sc21. The van der Waals surface area contributed by atoms with E-state index in [2.05, 4.69) is 0 Å². The van der Waals surface area contributed by atoms with E-state index in [1.54, 1.807) is 6.07 Å². The summed E-state index contributed by atoms with van der Waals surface area (Å²) < 4.78 is 0.559. The normalized spacial score (nSPS) is 14.8. The highest BCUT2D eigenvalue weighted by Crippen LogP contribution is 2.39. The van der Waals surface area contributed by atoms with Crippen LogP contribution >= 0.6 is 22.9 Å². The van der Waals surface area contributed by atoms with Crippen molar-refractivity contribution < 1.29 is 9.59 Å². The van der Waals surface area contributed by atoms with Crippen LogP contribution in [0.3, 0.4) is 0 Å². The van der Waals surface area contributed by atoms with Crippen LogP contribution in [0.5, 0.6) is 0 Å². The number of thiophene rings is 1. The number of rotatable bonds is 0. The molecular formula is C7H5ClN2O2S. The molecular weight excluding hydrogens is 212 g/mol. The van der Waals surface area contributed by atoms with Crippen molar-refractivity contribution in [1.29, 1.82) is 0 Å². The highest BCUT2D eigenvalue weighted by atomic mass is 35.5. The van der Waals surface area contributed by atoms with E-state index in [9.17, 15) is 9.59 Å². The Bertz CT molecular complexity index is 401. The maximum atomic E-state index is 11.2. The molecule has 3 amide bonds. The van der Waals surface area contributed by atoms with Gasteiger partial charge >= 0.3 is 6.03 Å². The second-order valence-corrected chi connectivity index (χ2v) is 4.29. The topological polar surface area (TPSA) is 63.4 Å². The van der Waals surface area contributed by atoms with E-state index in [4.69, 9.17) is 17.3 Å². The number of nitrogens with two attached hydrogens (primary N) is 1. The van der Waals surface area contributed by atoms with Crippen molar-refractivity contribution in [2.45, 2.75) is 6.42 Å². The number of carbonyl (C=O) groups is 2. The third-order valence-electron chi connectivity index (χ3n) is 1.77. The van der Waals surface area contributed by atoms with Crippen LogP contribution < -0.4 is 10.6 Å². The number of anilines is 1. The molecule has 1 aliphatic heterocycles. The molecule has 2 heterocycles. The first-order chi connectivity index (χ1) is 6.09. The van der Waals surface area contributed by atoms with E-state index in [-0.39, 0.29) is 12.3 Å². The molecule has 2 N–H and O–H groups in total. The van der Waals surface area contributed by atoms with Gasteiger partial charge in [0.05, 0.1) is 10.8 Å². The molecule has 0 spiro atoms. The summed E-state index contributed by atoms with van der Waals surface area (Å²) in [6.07, 6.45) is 0.210. The molecule has 0 radical (unpaired) electrons. The van der Waals surface area contributed by atoms with Gasteiger partial charge in [0.1, 0.15) is 5.00 Å². The molecule has 13 heavy (non-hydrogen) atoms. The van der Waals surface area contributed by atoms with Crippen molar-refractivity contribution in [2.24, 2.45) is 5.73 Å². The molecule has 6 heteroatoms. The fourth-order valence-corrected chi connectivity index (χ4v) is 2.56. The molecule has 0 aromatic carbocycles. The van der Waals surface area contributed by atoms with E-state index >= 15 is 0 Å². The highest BCUT2D eigenvalue weighted by Gasteiger charge is 2.33. The molecule has 2 rings (SSSR count). The zero-order valence-corrected chi connectivity index (χ0v) is 7.98. The van der Waals surface area contributed by atoms with Gasteiger partial charge in [0.25, 0.3) is 0 Å². The van der Waals surface area contributed by atoms with Gasteiger partial charge in [-0.3, -0.25) is 4.79 Å². The van der Waals surface area contributed by atoms with E-state index < -0.39 is 6.03 Å². The highest BCUT2D eigenvalue weighted by molar-refractivity contribution is 7.20. The lowest BCUT2D eigenvalue weighted by atomic mass is 10.3. The lowest BCUT2D eigenvalue weighted by Crippen LogP contribution is -2.37. The van der Waals surface area contributed by atoms with Crippen LogP contribution in [-0.2, 0) is 11.2 Å². The molecule has 0 unspecified atom stereocenters. The number of primary amides is 1. The number of halogens is 1. The smallest absolute Gasteiger partial charge is 0.326 e. The molecule has 1 aromatic rings. The first kappa shape index (κ1) is 8.52. The van der Waals surface area contributed by atoms with E-state index in [1.807, 2.05) is 0 Å². The van der Waals surface area contributed by atoms with Crippen molar-refractivity contribution in [1.82, 2.24) is 0 Å². The van der Waals surface area contributed by atoms with E-state index in [0.717, 1.165) is 10.5 Å². The second kappa shape index (κ2) is 2.71. The van der Waals surface area contributed by atoms with Gasteiger partial charge in [0.2, 0.25) is 5.91 Å². The summed E-state index contributed by atoms with van der Waals surface area (Å²) in [5.41, 5.74) is 5.82. The predicted molar refractivity (Wildman–Crippen MR) is 50.1 cm³/mol. The lowest BCUT2D eigenvalue weighted by molar-refractivity contribution is -0.116. The fraction of sp³-hybridized carbons (Fsp3) is 0.143. The molecule has 0 aliphatic carbocycles. The molecule has 0 fully saturated rings. The zero-order chi connectivity index (χ0) is 9.59. The van der Waals surface area contributed by atoms with Gasteiger partial charge in [0.15, 0.2) is 0 Å². The van der Waals surface area contributed by atoms with Crippen molar-refractivity contribution in [3.05, 3.63) is 16.0 Å². The van der Waals surface area contributed by atoms with Gasteiger partial charge < -0.3 is 5.73 Å². The number of hydrogen-bond acceptors (Lipinski definition) is 3. The first-order valence-corrected chi connectivity index (χ1v) is 4.69. The Morgan fingerprint density at radius 2 is 2.38 bits per heavy atom. The average Bonchev–Trinajstić information content (AvgIpc) is 2.41. The third-order valence-corrected chi connectivity index (χ3v) is 3.06. The number of urea groups is 1. The molecule has 68 valence electrons. The minimum Gasteiger partial charge on any atom is -0.351 e. The number of hydrogen-bond donors (Lipinski definition) is 1. The maximum absolute atomic E-state index is 11.2. The number of amides is 3. The fourth-order valence-electron chi connectivity index (χ4n) is 1.28. The Morgan fingerprint density at radius 3 is 3.00 bits per heavy atom. The van der Waals surface area contributed by atoms with Crippen LogP contribution in [0, 0.1) is 0 Å². The van der Waals surface area contributed by atoms with Crippen molar-refractivity contribution >= 4 is 39.9 Å². The molecule has 1 aliphatic rings. The maximum Gasteiger partial charge on any atom is 0.326 e. The van der Waals surface area contributed by atoms with Gasteiger partial charge in [-0.2, -0.15) is 0 Å². The molecule has 1 aromatic heterocycles. The quantitative estimate of drug-likeness (QED) is 0.712. The summed E-state index contributed by atoms with van der Waals surface area (Å²) in [6.45, 7) is 0. The van der Waals surface area contributed by atoms with Gasteiger partial charge in [0, 0.05) is 0 Å². The number of fused-ring (bicyclic) bond motifs is 1. The van der Waals surface area contributed by atoms with Gasteiger partial charge in [-0.15, -0.1) is 11.3 Å². The Hall–Kier alpha value is -1.07. The average molecular weight is 217 g/mol. The van der Waals surface area contributed by atoms with Gasteiger partial charge in [-0.1, -0.05) is 11.6 Å². The number of carbonyl (C=O) groups excluding carboxylic acids is 2. The lowest BCUT2D eigenvalue weighted by Gasteiger charge is -2.08. The standard InChI is InChI=1S/C7H5ClN2O2S/c8-4-1-3-2-5(11)10(7(9)12)6(3)13-4/h1H,2H2,(H2,9,12). The summed E-state index contributed by atoms with van der Waals surface area (Å²) in [6, 6.07) is 0.935. The van der Waals surface area contributed by atoms with Gasteiger partial charge in [-0.25, -0.2) is 9.69 Å². The summed E-state index contributed by atoms with van der Waals surface area (Å²) in [5.74, 6) is -0.287. The Labute approximate surface area is 82.9 Å². The largest absolute Gasteiger partial charge is 0.351 e. The van der Waals surface area contributed by atoms with E-state index in [0.29, 0.717) is 9.34 Å². The van der Waals surface area contributed by atoms with Crippen molar-refractivity contribution in [3.63, 3.8) is 0 Å². The van der Waals surface area contributed by atoms with Crippen molar-refractivity contribution in [3.8, 4) is 0 Å². The minimum atomic E-state index is -0.748. The van der Waals surface area contributed by atoms with Crippen LogP contribution in [0.1, 0.15) is 5.56 Å². The Kier molecular flexibility index (Phi) is 1.78.